The van der Waals surface area contributed by atoms with Crippen LogP contribution in [-0.4, -0.2) is 17.3 Å². The fraction of sp³-hybridized carbons (Fsp3) is 0.188. The maximum Gasteiger partial charge on any atom is 0.188 e. The molecule has 20 heavy (non-hydrogen) atoms. The van der Waals surface area contributed by atoms with Crippen LogP contribution < -0.4 is 11.5 Å². The summed E-state index contributed by atoms with van der Waals surface area (Å²) >= 11 is 0. The van der Waals surface area contributed by atoms with Crippen LogP contribution in [0.1, 0.15) is 17.0 Å². The van der Waals surface area contributed by atoms with E-state index in [1.165, 1.54) is 0 Å². The van der Waals surface area contributed by atoms with Gasteiger partial charge in [-0.2, -0.15) is 0 Å². The molecule has 104 valence electrons. The van der Waals surface area contributed by atoms with E-state index in [0.29, 0.717) is 6.42 Å². The van der Waals surface area contributed by atoms with Crippen LogP contribution >= 0.6 is 0 Å². The fourth-order valence-corrected chi connectivity index (χ4v) is 2.21. The van der Waals surface area contributed by atoms with E-state index < -0.39 is 6.23 Å². The van der Waals surface area contributed by atoms with Crippen LogP contribution in [0.3, 0.4) is 0 Å². The molecule has 2 atom stereocenters. The van der Waals surface area contributed by atoms with Gasteiger partial charge >= 0.3 is 0 Å². The highest BCUT2D eigenvalue weighted by Crippen LogP contribution is 2.25. The molecule has 0 radical (unpaired) electrons. The summed E-state index contributed by atoms with van der Waals surface area (Å²) in [6.07, 6.45) is -0.286. The zero-order chi connectivity index (χ0) is 14.4. The molecule has 0 aromatic heterocycles. The van der Waals surface area contributed by atoms with E-state index in [1.54, 1.807) is 0 Å². The number of aliphatic imine (C=N–C) groups is 1. The average Bonchev–Trinajstić information content (AvgIpc) is 2.46. The standard InChI is InChI=1S/C16H19N3O/c17-16(18)19-15(20)14(13-9-5-2-6-10-13)11-12-7-3-1-4-8-12/h1-10,14-15,20H,11H2,(H4,17,18,19)/t14-,15?/m1/s1. The lowest BCUT2D eigenvalue weighted by Gasteiger charge is -2.21. The first kappa shape index (κ1) is 14.1. The number of aliphatic hydroxyl groups excluding tert-OH is 1. The molecule has 0 saturated heterocycles. The molecular weight excluding hydrogens is 250 g/mol. The SMILES string of the molecule is NC(N)=NC(O)[C@H](Cc1ccccc1)c1ccccc1. The van der Waals surface area contributed by atoms with Crippen LogP contribution in [-0.2, 0) is 6.42 Å². The van der Waals surface area contributed by atoms with Gasteiger partial charge in [-0.05, 0) is 17.5 Å². The van der Waals surface area contributed by atoms with E-state index in [9.17, 15) is 5.11 Å². The minimum atomic E-state index is -0.956. The molecule has 4 nitrogen and oxygen atoms in total. The Balaban J connectivity index is 2.27. The van der Waals surface area contributed by atoms with Crippen molar-refractivity contribution in [2.24, 2.45) is 16.5 Å². The number of aliphatic hydroxyl groups is 1. The van der Waals surface area contributed by atoms with Gasteiger partial charge in [0, 0.05) is 5.92 Å². The number of guanidine groups is 1. The van der Waals surface area contributed by atoms with Crippen LogP contribution in [0.2, 0.25) is 0 Å². The smallest absolute Gasteiger partial charge is 0.188 e. The van der Waals surface area contributed by atoms with Crippen LogP contribution in [0, 0.1) is 0 Å². The first-order valence-electron chi connectivity index (χ1n) is 6.52. The molecule has 0 aliphatic heterocycles. The maximum atomic E-state index is 10.2. The summed E-state index contributed by atoms with van der Waals surface area (Å²) in [5.74, 6) is -0.285. The Morgan fingerprint density at radius 2 is 1.50 bits per heavy atom. The second-order valence-corrected chi connectivity index (χ2v) is 4.67. The summed E-state index contributed by atoms with van der Waals surface area (Å²) in [5.41, 5.74) is 12.9. The molecule has 0 heterocycles. The molecule has 0 aliphatic rings. The molecular formula is C16H19N3O. The predicted octanol–water partition coefficient (Wildman–Crippen LogP) is 1.60. The van der Waals surface area contributed by atoms with Crippen LogP contribution in [0.25, 0.3) is 0 Å². The monoisotopic (exact) mass is 269 g/mol. The summed E-state index contributed by atoms with van der Waals surface area (Å²) in [4.78, 5) is 3.88. The summed E-state index contributed by atoms with van der Waals surface area (Å²) in [7, 11) is 0. The Labute approximate surface area is 118 Å². The van der Waals surface area contributed by atoms with E-state index in [0.717, 1.165) is 11.1 Å². The molecule has 1 unspecified atom stereocenters. The zero-order valence-corrected chi connectivity index (χ0v) is 11.2. The van der Waals surface area contributed by atoms with Gasteiger partial charge in [-0.15, -0.1) is 0 Å². The summed E-state index contributed by atoms with van der Waals surface area (Å²) in [5, 5.41) is 10.2. The molecule has 5 N–H and O–H groups in total. The fourth-order valence-electron chi connectivity index (χ4n) is 2.21. The minimum Gasteiger partial charge on any atom is -0.371 e. The van der Waals surface area contributed by atoms with Gasteiger partial charge in [-0.25, -0.2) is 4.99 Å². The number of hydrogen-bond donors (Lipinski definition) is 3. The highest BCUT2D eigenvalue weighted by Gasteiger charge is 2.21. The summed E-state index contributed by atoms with van der Waals surface area (Å²) in [6, 6.07) is 19.7. The third-order valence-corrected chi connectivity index (χ3v) is 3.17. The van der Waals surface area contributed by atoms with Gasteiger partial charge in [0.25, 0.3) is 0 Å². The van der Waals surface area contributed by atoms with Crippen molar-refractivity contribution in [3.8, 4) is 0 Å². The summed E-state index contributed by atoms with van der Waals surface area (Å²) in [6.45, 7) is 0. The first-order valence-corrected chi connectivity index (χ1v) is 6.52. The Hall–Kier alpha value is -2.33. The van der Waals surface area contributed by atoms with Crippen molar-refractivity contribution < 1.29 is 5.11 Å². The topological polar surface area (TPSA) is 84.6 Å². The minimum absolute atomic E-state index is 0.105. The van der Waals surface area contributed by atoms with Crippen LogP contribution in [0.5, 0.6) is 0 Å². The lowest BCUT2D eigenvalue weighted by atomic mass is 9.90. The second-order valence-electron chi connectivity index (χ2n) is 4.67. The van der Waals surface area contributed by atoms with Crippen molar-refractivity contribution in [2.75, 3.05) is 0 Å². The number of hydrogen-bond acceptors (Lipinski definition) is 2. The number of nitrogens with zero attached hydrogens (tertiary/aromatic N) is 1. The van der Waals surface area contributed by atoms with Gasteiger partial charge in [-0.1, -0.05) is 60.7 Å². The second kappa shape index (κ2) is 6.73. The van der Waals surface area contributed by atoms with Crippen molar-refractivity contribution in [2.45, 2.75) is 18.6 Å². The van der Waals surface area contributed by atoms with Gasteiger partial charge in [-0.3, -0.25) is 0 Å². The van der Waals surface area contributed by atoms with E-state index in [1.807, 2.05) is 60.7 Å². The molecule has 2 aromatic carbocycles. The number of rotatable bonds is 5. The van der Waals surface area contributed by atoms with E-state index in [-0.39, 0.29) is 11.9 Å². The quantitative estimate of drug-likeness (QED) is 0.569. The molecule has 2 rings (SSSR count). The summed E-state index contributed by atoms with van der Waals surface area (Å²) < 4.78 is 0. The maximum absolute atomic E-state index is 10.2. The van der Waals surface area contributed by atoms with Crippen molar-refractivity contribution in [1.82, 2.24) is 0 Å². The Morgan fingerprint density at radius 1 is 0.950 bits per heavy atom. The average molecular weight is 269 g/mol. The number of benzene rings is 2. The van der Waals surface area contributed by atoms with E-state index >= 15 is 0 Å². The Kier molecular flexibility index (Phi) is 4.74. The molecule has 4 heteroatoms. The molecule has 0 fully saturated rings. The van der Waals surface area contributed by atoms with E-state index in [4.69, 9.17) is 11.5 Å². The molecule has 0 aliphatic carbocycles. The third-order valence-electron chi connectivity index (χ3n) is 3.17. The Morgan fingerprint density at radius 3 is 2.05 bits per heavy atom. The third kappa shape index (κ3) is 3.83. The van der Waals surface area contributed by atoms with Crippen molar-refractivity contribution in [1.29, 1.82) is 0 Å². The largest absolute Gasteiger partial charge is 0.371 e. The van der Waals surface area contributed by atoms with Crippen molar-refractivity contribution >= 4 is 5.96 Å². The molecule has 0 bridgehead atoms. The number of nitrogens with two attached hydrogens (primary N) is 2. The predicted molar refractivity (Wildman–Crippen MR) is 81.1 cm³/mol. The van der Waals surface area contributed by atoms with Crippen molar-refractivity contribution in [3.63, 3.8) is 0 Å². The van der Waals surface area contributed by atoms with Gasteiger partial charge in [0.1, 0.15) is 0 Å². The lowest BCUT2D eigenvalue weighted by Crippen LogP contribution is -2.28. The molecule has 0 saturated carbocycles. The van der Waals surface area contributed by atoms with Crippen molar-refractivity contribution in [3.05, 3.63) is 71.8 Å². The van der Waals surface area contributed by atoms with Gasteiger partial charge in [0.2, 0.25) is 0 Å². The van der Waals surface area contributed by atoms with E-state index in [2.05, 4.69) is 4.99 Å². The Bertz CT molecular complexity index is 550. The van der Waals surface area contributed by atoms with Gasteiger partial charge < -0.3 is 16.6 Å². The van der Waals surface area contributed by atoms with Crippen LogP contribution in [0.4, 0.5) is 0 Å². The molecule has 0 amide bonds. The zero-order valence-electron chi connectivity index (χ0n) is 11.2. The molecule has 0 spiro atoms. The molecule has 2 aromatic rings. The van der Waals surface area contributed by atoms with Gasteiger partial charge in [0.15, 0.2) is 12.2 Å². The van der Waals surface area contributed by atoms with Gasteiger partial charge in [0.05, 0.1) is 0 Å². The first-order chi connectivity index (χ1) is 9.66. The highest BCUT2D eigenvalue weighted by atomic mass is 16.3. The normalized spacial score (nSPS) is 13.4. The lowest BCUT2D eigenvalue weighted by molar-refractivity contribution is 0.151. The van der Waals surface area contributed by atoms with Crippen LogP contribution in [0.15, 0.2) is 65.7 Å². The highest BCUT2D eigenvalue weighted by molar-refractivity contribution is 5.75.